The lowest BCUT2D eigenvalue weighted by Gasteiger charge is -2.13. The van der Waals surface area contributed by atoms with E-state index in [1.54, 1.807) is 0 Å². The standard InChI is InChI=1S/C16H20N2/c1-11-7-12(2)16(13(3)8-11)10-18-15-6-5-14(4)17-9-15/h5-9,18H,10H2,1-4H3. The van der Waals surface area contributed by atoms with Gasteiger partial charge in [-0.1, -0.05) is 17.7 Å². The quantitative estimate of drug-likeness (QED) is 0.879. The Kier molecular flexibility index (Phi) is 3.66. The summed E-state index contributed by atoms with van der Waals surface area (Å²) in [5.41, 5.74) is 7.51. The molecule has 0 aliphatic heterocycles. The Morgan fingerprint density at radius 1 is 1.00 bits per heavy atom. The second kappa shape index (κ2) is 5.21. The van der Waals surface area contributed by atoms with Crippen LogP contribution in [0.4, 0.5) is 5.69 Å². The highest BCUT2D eigenvalue weighted by molar-refractivity contribution is 5.44. The van der Waals surface area contributed by atoms with Gasteiger partial charge in [0.15, 0.2) is 0 Å². The van der Waals surface area contributed by atoms with Crippen LogP contribution in [-0.2, 0) is 6.54 Å². The van der Waals surface area contributed by atoms with Crippen LogP contribution in [-0.4, -0.2) is 4.98 Å². The first-order valence-corrected chi connectivity index (χ1v) is 6.29. The lowest BCUT2D eigenvalue weighted by Crippen LogP contribution is -2.04. The fourth-order valence-corrected chi connectivity index (χ4v) is 2.25. The molecule has 1 N–H and O–H groups in total. The molecule has 0 unspecified atom stereocenters. The molecule has 0 aliphatic rings. The number of pyridine rings is 1. The van der Waals surface area contributed by atoms with Crippen LogP contribution in [0, 0.1) is 27.7 Å². The number of benzene rings is 1. The zero-order valence-electron chi connectivity index (χ0n) is 11.5. The number of aryl methyl sites for hydroxylation is 4. The number of aromatic nitrogens is 1. The average molecular weight is 240 g/mol. The van der Waals surface area contributed by atoms with Gasteiger partial charge >= 0.3 is 0 Å². The molecule has 0 aliphatic carbocycles. The van der Waals surface area contributed by atoms with Gasteiger partial charge in [-0.05, 0) is 56.5 Å². The molecule has 94 valence electrons. The third kappa shape index (κ3) is 2.89. The van der Waals surface area contributed by atoms with Crippen molar-refractivity contribution >= 4 is 5.69 Å². The molecule has 2 nitrogen and oxygen atoms in total. The van der Waals surface area contributed by atoms with Gasteiger partial charge in [0, 0.05) is 12.2 Å². The molecule has 2 heteroatoms. The first kappa shape index (κ1) is 12.6. The van der Waals surface area contributed by atoms with Gasteiger partial charge in [-0.25, -0.2) is 0 Å². The van der Waals surface area contributed by atoms with Gasteiger partial charge in [0.05, 0.1) is 11.9 Å². The number of hydrogen-bond donors (Lipinski definition) is 1. The van der Waals surface area contributed by atoms with Crippen molar-refractivity contribution in [2.45, 2.75) is 34.2 Å². The van der Waals surface area contributed by atoms with E-state index in [1.165, 1.54) is 22.3 Å². The van der Waals surface area contributed by atoms with Crippen LogP contribution < -0.4 is 5.32 Å². The van der Waals surface area contributed by atoms with Crippen molar-refractivity contribution < 1.29 is 0 Å². The maximum Gasteiger partial charge on any atom is 0.0529 e. The molecule has 1 heterocycles. The van der Waals surface area contributed by atoms with Crippen LogP contribution in [0.3, 0.4) is 0 Å². The van der Waals surface area contributed by atoms with Crippen molar-refractivity contribution in [2.24, 2.45) is 0 Å². The molecule has 2 rings (SSSR count). The summed E-state index contributed by atoms with van der Waals surface area (Å²) >= 11 is 0. The van der Waals surface area contributed by atoms with Crippen molar-refractivity contribution in [1.82, 2.24) is 4.98 Å². The predicted octanol–water partition coefficient (Wildman–Crippen LogP) is 3.93. The Hall–Kier alpha value is -1.83. The summed E-state index contributed by atoms with van der Waals surface area (Å²) in [4.78, 5) is 4.29. The minimum Gasteiger partial charge on any atom is -0.380 e. The summed E-state index contributed by atoms with van der Waals surface area (Å²) in [6.45, 7) is 9.33. The van der Waals surface area contributed by atoms with E-state index < -0.39 is 0 Å². The topological polar surface area (TPSA) is 24.9 Å². The van der Waals surface area contributed by atoms with Crippen LogP contribution in [0.5, 0.6) is 0 Å². The van der Waals surface area contributed by atoms with E-state index in [2.05, 4.69) is 49.3 Å². The van der Waals surface area contributed by atoms with Crippen molar-refractivity contribution in [3.8, 4) is 0 Å². The number of hydrogen-bond acceptors (Lipinski definition) is 2. The molecule has 0 atom stereocenters. The molecule has 0 bridgehead atoms. The molecular formula is C16H20N2. The molecule has 1 aromatic heterocycles. The first-order valence-electron chi connectivity index (χ1n) is 6.29. The smallest absolute Gasteiger partial charge is 0.0529 e. The summed E-state index contributed by atoms with van der Waals surface area (Å²) in [5.74, 6) is 0. The highest BCUT2D eigenvalue weighted by Gasteiger charge is 2.03. The molecule has 2 aromatic rings. The van der Waals surface area contributed by atoms with E-state index >= 15 is 0 Å². The maximum absolute atomic E-state index is 4.29. The van der Waals surface area contributed by atoms with E-state index in [0.29, 0.717) is 0 Å². The van der Waals surface area contributed by atoms with Gasteiger partial charge < -0.3 is 5.32 Å². The first-order chi connectivity index (χ1) is 8.56. The Labute approximate surface area is 109 Å². The van der Waals surface area contributed by atoms with E-state index in [4.69, 9.17) is 0 Å². The molecular weight excluding hydrogens is 220 g/mol. The van der Waals surface area contributed by atoms with E-state index in [0.717, 1.165) is 17.9 Å². The highest BCUT2D eigenvalue weighted by Crippen LogP contribution is 2.18. The van der Waals surface area contributed by atoms with Gasteiger partial charge in [-0.3, -0.25) is 4.98 Å². The number of anilines is 1. The molecule has 1 aromatic carbocycles. The van der Waals surface area contributed by atoms with Crippen molar-refractivity contribution in [1.29, 1.82) is 0 Å². The van der Waals surface area contributed by atoms with Gasteiger partial charge in [-0.2, -0.15) is 0 Å². The minimum atomic E-state index is 0.850. The second-order valence-corrected chi connectivity index (χ2v) is 4.92. The monoisotopic (exact) mass is 240 g/mol. The zero-order chi connectivity index (χ0) is 13.1. The predicted molar refractivity (Wildman–Crippen MR) is 77.0 cm³/mol. The lowest BCUT2D eigenvalue weighted by atomic mass is 10.00. The van der Waals surface area contributed by atoms with Crippen LogP contribution in [0.1, 0.15) is 27.9 Å². The van der Waals surface area contributed by atoms with Crippen molar-refractivity contribution in [2.75, 3.05) is 5.32 Å². The Morgan fingerprint density at radius 3 is 2.22 bits per heavy atom. The molecule has 0 spiro atoms. The van der Waals surface area contributed by atoms with Crippen LogP contribution in [0.25, 0.3) is 0 Å². The summed E-state index contributed by atoms with van der Waals surface area (Å²) in [6, 6.07) is 8.56. The van der Waals surface area contributed by atoms with Crippen LogP contribution >= 0.6 is 0 Å². The Morgan fingerprint density at radius 2 is 1.67 bits per heavy atom. The molecule has 0 radical (unpaired) electrons. The highest BCUT2D eigenvalue weighted by atomic mass is 14.9. The maximum atomic E-state index is 4.29. The summed E-state index contributed by atoms with van der Waals surface area (Å²) in [7, 11) is 0. The normalized spacial score (nSPS) is 10.4. The number of nitrogens with one attached hydrogen (secondary N) is 1. The summed E-state index contributed by atoms with van der Waals surface area (Å²) in [5, 5.41) is 3.43. The largest absolute Gasteiger partial charge is 0.380 e. The summed E-state index contributed by atoms with van der Waals surface area (Å²) in [6.07, 6.45) is 1.88. The van der Waals surface area contributed by atoms with Gasteiger partial charge in [0.1, 0.15) is 0 Å². The average Bonchev–Trinajstić information content (AvgIpc) is 2.30. The molecule has 0 saturated carbocycles. The Balaban J connectivity index is 2.13. The van der Waals surface area contributed by atoms with Gasteiger partial charge in [0.2, 0.25) is 0 Å². The van der Waals surface area contributed by atoms with Crippen LogP contribution in [0.15, 0.2) is 30.5 Å². The minimum absolute atomic E-state index is 0.850. The van der Waals surface area contributed by atoms with E-state index in [-0.39, 0.29) is 0 Å². The Bertz CT molecular complexity index is 519. The third-order valence-electron chi connectivity index (χ3n) is 3.22. The van der Waals surface area contributed by atoms with Gasteiger partial charge in [0.25, 0.3) is 0 Å². The van der Waals surface area contributed by atoms with E-state index in [1.807, 2.05) is 19.2 Å². The fourth-order valence-electron chi connectivity index (χ4n) is 2.25. The van der Waals surface area contributed by atoms with Crippen LogP contribution in [0.2, 0.25) is 0 Å². The molecule has 0 fully saturated rings. The fraction of sp³-hybridized carbons (Fsp3) is 0.312. The van der Waals surface area contributed by atoms with E-state index in [9.17, 15) is 0 Å². The molecule has 0 saturated heterocycles. The number of rotatable bonds is 3. The molecule has 0 amide bonds. The summed E-state index contributed by atoms with van der Waals surface area (Å²) < 4.78 is 0. The zero-order valence-corrected chi connectivity index (χ0v) is 11.5. The third-order valence-corrected chi connectivity index (χ3v) is 3.22. The molecule has 18 heavy (non-hydrogen) atoms. The van der Waals surface area contributed by atoms with Gasteiger partial charge in [-0.15, -0.1) is 0 Å². The van der Waals surface area contributed by atoms with Crippen molar-refractivity contribution in [3.63, 3.8) is 0 Å². The van der Waals surface area contributed by atoms with Crippen molar-refractivity contribution in [3.05, 3.63) is 58.4 Å². The number of nitrogens with zero attached hydrogens (tertiary/aromatic N) is 1. The second-order valence-electron chi connectivity index (χ2n) is 4.92. The lowest BCUT2D eigenvalue weighted by molar-refractivity contribution is 1.07. The SMILES string of the molecule is Cc1cc(C)c(CNc2ccc(C)nc2)c(C)c1.